The standard InChI is InChI=1S/C11H17N5S2/c1-4-5-16-10(13-14-11(16)17)8-7-18-9(12-8)6-15(2)3/h7H,4-6H2,1-3H3,(H,14,17). The number of nitrogens with zero attached hydrogens (tertiary/aromatic N) is 4. The van der Waals surface area contributed by atoms with Crippen molar-refractivity contribution < 1.29 is 0 Å². The highest BCUT2D eigenvalue weighted by molar-refractivity contribution is 7.71. The molecule has 2 aromatic heterocycles. The summed E-state index contributed by atoms with van der Waals surface area (Å²) < 4.78 is 2.66. The van der Waals surface area contributed by atoms with Gasteiger partial charge in [0.25, 0.3) is 0 Å². The van der Waals surface area contributed by atoms with Gasteiger partial charge in [0.15, 0.2) is 10.6 Å². The molecule has 7 heteroatoms. The monoisotopic (exact) mass is 283 g/mol. The average Bonchev–Trinajstić information content (AvgIpc) is 2.87. The van der Waals surface area contributed by atoms with E-state index in [1.807, 2.05) is 24.0 Å². The van der Waals surface area contributed by atoms with E-state index in [4.69, 9.17) is 12.2 Å². The van der Waals surface area contributed by atoms with Crippen molar-refractivity contribution in [2.24, 2.45) is 0 Å². The molecule has 0 radical (unpaired) electrons. The lowest BCUT2D eigenvalue weighted by molar-refractivity contribution is 0.401. The molecule has 2 heterocycles. The summed E-state index contributed by atoms with van der Waals surface area (Å²) in [6, 6.07) is 0. The fourth-order valence-corrected chi connectivity index (χ4v) is 2.81. The third-order valence-corrected chi connectivity index (χ3v) is 3.58. The molecular weight excluding hydrogens is 266 g/mol. The van der Waals surface area contributed by atoms with Crippen LogP contribution < -0.4 is 0 Å². The molecule has 0 aliphatic heterocycles. The molecule has 0 aliphatic rings. The molecule has 0 amide bonds. The number of aromatic amines is 1. The van der Waals surface area contributed by atoms with Gasteiger partial charge in [-0.1, -0.05) is 6.92 Å². The van der Waals surface area contributed by atoms with Gasteiger partial charge in [-0.3, -0.25) is 9.67 Å². The SMILES string of the molecule is CCCn1c(-c2csc(CN(C)C)n2)n[nH]c1=S. The van der Waals surface area contributed by atoms with Crippen LogP contribution in [-0.4, -0.2) is 38.7 Å². The second kappa shape index (κ2) is 5.73. The van der Waals surface area contributed by atoms with Gasteiger partial charge in [0, 0.05) is 18.5 Å². The lowest BCUT2D eigenvalue weighted by Gasteiger charge is -2.05. The molecule has 98 valence electrons. The molecule has 1 N–H and O–H groups in total. The van der Waals surface area contributed by atoms with E-state index in [1.165, 1.54) is 0 Å². The Morgan fingerprint density at radius 1 is 1.50 bits per heavy atom. The van der Waals surface area contributed by atoms with Crippen LogP contribution in [0.15, 0.2) is 5.38 Å². The lowest BCUT2D eigenvalue weighted by atomic mass is 10.4. The Bertz CT molecular complexity index is 566. The zero-order chi connectivity index (χ0) is 13.1. The first kappa shape index (κ1) is 13.4. The van der Waals surface area contributed by atoms with Gasteiger partial charge in [0.1, 0.15) is 10.7 Å². The van der Waals surface area contributed by atoms with Crippen molar-refractivity contribution in [1.29, 1.82) is 0 Å². The second-order valence-electron chi connectivity index (χ2n) is 4.37. The first-order chi connectivity index (χ1) is 8.61. The van der Waals surface area contributed by atoms with Crippen LogP contribution in [-0.2, 0) is 13.1 Å². The summed E-state index contributed by atoms with van der Waals surface area (Å²) in [7, 11) is 4.07. The van der Waals surface area contributed by atoms with E-state index >= 15 is 0 Å². The number of hydrogen-bond acceptors (Lipinski definition) is 5. The van der Waals surface area contributed by atoms with Gasteiger partial charge in [0.05, 0.1) is 0 Å². The third-order valence-electron chi connectivity index (χ3n) is 2.44. The zero-order valence-electron chi connectivity index (χ0n) is 10.8. The summed E-state index contributed by atoms with van der Waals surface area (Å²) in [5.74, 6) is 0.836. The molecule has 0 fully saturated rings. The number of rotatable bonds is 5. The summed E-state index contributed by atoms with van der Waals surface area (Å²) in [5.41, 5.74) is 0.901. The van der Waals surface area contributed by atoms with Crippen LogP contribution in [0.3, 0.4) is 0 Å². The second-order valence-corrected chi connectivity index (χ2v) is 5.70. The number of thiazole rings is 1. The van der Waals surface area contributed by atoms with Crippen molar-refractivity contribution in [3.8, 4) is 11.5 Å². The van der Waals surface area contributed by atoms with Gasteiger partial charge in [-0.05, 0) is 32.7 Å². The van der Waals surface area contributed by atoms with Crippen molar-refractivity contribution in [1.82, 2.24) is 24.6 Å². The Hall–Kier alpha value is -1.05. The van der Waals surface area contributed by atoms with Gasteiger partial charge in [-0.2, -0.15) is 5.10 Å². The molecule has 0 aromatic carbocycles. The van der Waals surface area contributed by atoms with Crippen molar-refractivity contribution in [3.05, 3.63) is 15.2 Å². The molecule has 0 aliphatic carbocycles. The van der Waals surface area contributed by atoms with Crippen molar-refractivity contribution in [2.45, 2.75) is 26.4 Å². The Morgan fingerprint density at radius 2 is 2.28 bits per heavy atom. The van der Waals surface area contributed by atoms with Crippen LogP contribution in [0.2, 0.25) is 0 Å². The Labute approximate surface area is 115 Å². The summed E-state index contributed by atoms with van der Waals surface area (Å²) >= 11 is 6.88. The molecule has 0 spiro atoms. The normalized spacial score (nSPS) is 11.3. The third kappa shape index (κ3) is 2.85. The van der Waals surface area contributed by atoms with Crippen molar-refractivity contribution in [3.63, 3.8) is 0 Å². The summed E-state index contributed by atoms with van der Waals surface area (Å²) in [5, 5.41) is 10.2. The fourth-order valence-electron chi connectivity index (χ4n) is 1.70. The predicted molar refractivity (Wildman–Crippen MR) is 76.2 cm³/mol. The first-order valence-electron chi connectivity index (χ1n) is 5.86. The van der Waals surface area contributed by atoms with Gasteiger partial charge >= 0.3 is 0 Å². The quantitative estimate of drug-likeness (QED) is 0.857. The molecule has 0 atom stereocenters. The molecule has 18 heavy (non-hydrogen) atoms. The molecule has 0 saturated carbocycles. The van der Waals surface area contributed by atoms with E-state index in [0.717, 1.165) is 36.0 Å². The van der Waals surface area contributed by atoms with Gasteiger partial charge in [-0.25, -0.2) is 4.98 Å². The van der Waals surface area contributed by atoms with Crippen LogP contribution in [0.1, 0.15) is 18.4 Å². The van der Waals surface area contributed by atoms with E-state index in [9.17, 15) is 0 Å². The topological polar surface area (TPSA) is 49.7 Å². The maximum Gasteiger partial charge on any atom is 0.195 e. The van der Waals surface area contributed by atoms with E-state index in [1.54, 1.807) is 11.3 Å². The number of H-pyrrole nitrogens is 1. The molecular formula is C11H17N5S2. The minimum atomic E-state index is 0.661. The van der Waals surface area contributed by atoms with Gasteiger partial charge in [0.2, 0.25) is 0 Å². The van der Waals surface area contributed by atoms with E-state index in [2.05, 4.69) is 27.0 Å². The minimum Gasteiger partial charge on any atom is -0.303 e. The highest BCUT2D eigenvalue weighted by Gasteiger charge is 2.12. The van der Waals surface area contributed by atoms with Gasteiger partial charge in [-0.15, -0.1) is 11.3 Å². The first-order valence-corrected chi connectivity index (χ1v) is 7.15. The molecule has 0 bridgehead atoms. The van der Waals surface area contributed by atoms with Crippen molar-refractivity contribution >= 4 is 23.6 Å². The van der Waals surface area contributed by atoms with Crippen LogP contribution in [0.25, 0.3) is 11.5 Å². The maximum absolute atomic E-state index is 5.23. The number of aromatic nitrogens is 4. The molecule has 2 rings (SSSR count). The summed E-state index contributed by atoms with van der Waals surface area (Å²) in [6.45, 7) is 3.84. The van der Waals surface area contributed by atoms with Crippen LogP contribution in [0, 0.1) is 4.77 Å². The number of hydrogen-bond donors (Lipinski definition) is 1. The largest absolute Gasteiger partial charge is 0.303 e. The average molecular weight is 283 g/mol. The smallest absolute Gasteiger partial charge is 0.195 e. The van der Waals surface area contributed by atoms with Crippen LogP contribution in [0.5, 0.6) is 0 Å². The zero-order valence-corrected chi connectivity index (χ0v) is 12.4. The van der Waals surface area contributed by atoms with E-state index in [-0.39, 0.29) is 0 Å². The minimum absolute atomic E-state index is 0.661. The molecule has 0 unspecified atom stereocenters. The highest BCUT2D eigenvalue weighted by Crippen LogP contribution is 2.21. The molecule has 0 saturated heterocycles. The Morgan fingerprint density at radius 3 is 2.94 bits per heavy atom. The Balaban J connectivity index is 2.31. The van der Waals surface area contributed by atoms with Crippen LogP contribution in [0.4, 0.5) is 0 Å². The molecule has 2 aromatic rings. The predicted octanol–water partition coefficient (Wildman–Crippen LogP) is 2.54. The fraction of sp³-hybridized carbons (Fsp3) is 0.545. The Kier molecular flexibility index (Phi) is 4.26. The summed E-state index contributed by atoms with van der Waals surface area (Å²) in [4.78, 5) is 6.71. The lowest BCUT2D eigenvalue weighted by Crippen LogP contribution is -2.10. The van der Waals surface area contributed by atoms with Crippen LogP contribution >= 0.6 is 23.6 Å². The summed E-state index contributed by atoms with van der Waals surface area (Å²) in [6.07, 6.45) is 1.02. The van der Waals surface area contributed by atoms with E-state index in [0.29, 0.717) is 4.77 Å². The maximum atomic E-state index is 5.23. The molecule has 5 nitrogen and oxygen atoms in total. The van der Waals surface area contributed by atoms with Crippen molar-refractivity contribution in [2.75, 3.05) is 14.1 Å². The van der Waals surface area contributed by atoms with E-state index < -0.39 is 0 Å². The highest BCUT2D eigenvalue weighted by atomic mass is 32.1. The van der Waals surface area contributed by atoms with Gasteiger partial charge < -0.3 is 4.90 Å². The number of nitrogens with one attached hydrogen (secondary N) is 1.